The number of fused-ring (bicyclic) bond motifs is 5. The van der Waals surface area contributed by atoms with Gasteiger partial charge >= 0.3 is 0 Å². The first kappa shape index (κ1) is 17.9. The molecule has 0 fully saturated rings. The second kappa shape index (κ2) is 6.82. The average Bonchev–Trinajstić information content (AvgIpc) is 3.17. The molecule has 148 valence electrons. The minimum absolute atomic E-state index is 0.938. The van der Waals surface area contributed by atoms with E-state index in [1.54, 1.807) is 0 Å². The zero-order chi connectivity index (χ0) is 20.9. The Balaban J connectivity index is 1.64. The molecule has 0 aliphatic rings. The fourth-order valence-corrected chi connectivity index (χ4v) is 4.62. The van der Waals surface area contributed by atoms with Gasteiger partial charge in [0.15, 0.2) is 6.20 Å². The van der Waals surface area contributed by atoms with Crippen LogP contribution >= 0.6 is 0 Å². The van der Waals surface area contributed by atoms with Crippen LogP contribution in [0.2, 0.25) is 0 Å². The predicted molar refractivity (Wildman–Crippen MR) is 128 cm³/mol. The van der Waals surface area contributed by atoms with E-state index >= 15 is 0 Å². The summed E-state index contributed by atoms with van der Waals surface area (Å²) in [4.78, 5) is 0. The maximum atomic E-state index is 6.25. The Hall–Kier alpha value is -3.91. The Morgan fingerprint density at radius 1 is 0.677 bits per heavy atom. The Bertz CT molecular complexity index is 1590. The van der Waals surface area contributed by atoms with Crippen molar-refractivity contribution in [2.24, 2.45) is 7.05 Å². The first-order valence-electron chi connectivity index (χ1n) is 10.6. The van der Waals surface area contributed by atoms with Crippen LogP contribution in [0.3, 0.4) is 0 Å². The van der Waals surface area contributed by atoms with E-state index in [1.165, 1.54) is 44.1 Å². The number of rotatable bonds is 2. The van der Waals surface area contributed by atoms with Crippen LogP contribution in [0, 0.1) is 6.92 Å². The highest BCUT2D eigenvalue weighted by Gasteiger charge is 2.18. The molecule has 0 saturated carbocycles. The van der Waals surface area contributed by atoms with E-state index < -0.39 is 0 Å². The summed E-state index contributed by atoms with van der Waals surface area (Å²) in [5.41, 5.74) is 7.94. The monoisotopic (exact) mass is 400 g/mol. The van der Waals surface area contributed by atoms with Gasteiger partial charge < -0.3 is 4.42 Å². The first-order valence-corrected chi connectivity index (χ1v) is 10.6. The topological polar surface area (TPSA) is 17.0 Å². The van der Waals surface area contributed by atoms with Crippen molar-refractivity contribution in [2.75, 3.05) is 0 Å². The normalized spacial score (nSPS) is 11.5. The SMILES string of the molecule is Cc1cc2oc3ccc4ccccc4c3c2cc1-c1cc(-c2ccccc2)cc[n+]1C. The van der Waals surface area contributed by atoms with Crippen LogP contribution in [0.15, 0.2) is 102 Å². The third kappa shape index (κ3) is 2.83. The molecule has 0 bridgehead atoms. The second-order valence-corrected chi connectivity index (χ2v) is 8.20. The molecule has 0 amide bonds. The molecule has 31 heavy (non-hydrogen) atoms. The highest BCUT2D eigenvalue weighted by atomic mass is 16.3. The van der Waals surface area contributed by atoms with Crippen molar-refractivity contribution in [3.8, 4) is 22.4 Å². The molecule has 0 radical (unpaired) electrons. The number of hydrogen-bond donors (Lipinski definition) is 0. The van der Waals surface area contributed by atoms with Crippen molar-refractivity contribution in [2.45, 2.75) is 6.92 Å². The number of aromatic nitrogens is 1. The Morgan fingerprint density at radius 2 is 1.48 bits per heavy atom. The number of pyridine rings is 1. The van der Waals surface area contributed by atoms with Crippen molar-refractivity contribution in [3.63, 3.8) is 0 Å². The summed E-state index contributed by atoms with van der Waals surface area (Å²) < 4.78 is 8.44. The highest BCUT2D eigenvalue weighted by molar-refractivity contribution is 6.19. The van der Waals surface area contributed by atoms with E-state index in [0.717, 1.165) is 16.6 Å². The average molecular weight is 401 g/mol. The minimum atomic E-state index is 0.938. The lowest BCUT2D eigenvalue weighted by Gasteiger charge is -2.08. The number of benzene rings is 4. The highest BCUT2D eigenvalue weighted by Crippen LogP contribution is 2.38. The van der Waals surface area contributed by atoms with Gasteiger partial charge in [-0.05, 0) is 52.6 Å². The van der Waals surface area contributed by atoms with Gasteiger partial charge in [-0.2, -0.15) is 0 Å². The van der Waals surface area contributed by atoms with Gasteiger partial charge in [0, 0.05) is 28.5 Å². The van der Waals surface area contributed by atoms with Gasteiger partial charge in [-0.1, -0.05) is 60.7 Å². The lowest BCUT2D eigenvalue weighted by atomic mass is 9.97. The number of nitrogens with zero attached hydrogens (tertiary/aromatic N) is 1. The third-order valence-electron chi connectivity index (χ3n) is 6.24. The zero-order valence-corrected chi connectivity index (χ0v) is 17.6. The van der Waals surface area contributed by atoms with E-state index in [0.29, 0.717) is 0 Å². The number of furan rings is 1. The number of aryl methyl sites for hydroxylation is 2. The molecule has 0 saturated heterocycles. The van der Waals surface area contributed by atoms with Crippen molar-refractivity contribution >= 4 is 32.7 Å². The maximum Gasteiger partial charge on any atom is 0.213 e. The summed E-state index contributed by atoms with van der Waals surface area (Å²) in [5, 5.41) is 4.82. The van der Waals surface area contributed by atoms with Gasteiger partial charge in [-0.3, -0.25) is 0 Å². The van der Waals surface area contributed by atoms with Gasteiger partial charge in [0.25, 0.3) is 0 Å². The van der Waals surface area contributed by atoms with E-state index in [2.05, 4.69) is 116 Å². The van der Waals surface area contributed by atoms with Crippen LogP contribution in [0.5, 0.6) is 0 Å². The van der Waals surface area contributed by atoms with E-state index in [-0.39, 0.29) is 0 Å². The zero-order valence-electron chi connectivity index (χ0n) is 17.6. The fourth-order valence-electron chi connectivity index (χ4n) is 4.62. The van der Waals surface area contributed by atoms with Gasteiger partial charge in [-0.25, -0.2) is 4.57 Å². The Kier molecular flexibility index (Phi) is 3.94. The standard InChI is InChI=1S/C29H22NO/c1-19-16-28-25(29-23-11-7-6-10-21(23)12-13-27(29)31-28)18-24(19)26-17-22(14-15-30(26)2)20-8-4-3-5-9-20/h3-18H,1-2H3/q+1. The van der Waals surface area contributed by atoms with E-state index in [1.807, 2.05) is 0 Å². The van der Waals surface area contributed by atoms with Crippen molar-refractivity contribution in [1.29, 1.82) is 0 Å². The molecule has 2 heteroatoms. The van der Waals surface area contributed by atoms with Gasteiger partial charge in [-0.15, -0.1) is 0 Å². The van der Waals surface area contributed by atoms with Crippen LogP contribution in [0.1, 0.15) is 5.56 Å². The first-order chi connectivity index (χ1) is 15.2. The Morgan fingerprint density at radius 3 is 2.35 bits per heavy atom. The molecule has 0 N–H and O–H groups in total. The molecule has 0 unspecified atom stereocenters. The molecule has 0 aliphatic heterocycles. The van der Waals surface area contributed by atoms with Gasteiger partial charge in [0.1, 0.15) is 18.2 Å². The molecule has 2 aromatic heterocycles. The summed E-state index contributed by atoms with van der Waals surface area (Å²) in [6.07, 6.45) is 2.14. The van der Waals surface area contributed by atoms with Gasteiger partial charge in [0.2, 0.25) is 5.69 Å². The molecule has 6 rings (SSSR count). The molecular formula is C29H22NO+. The second-order valence-electron chi connectivity index (χ2n) is 8.20. The molecule has 6 aromatic rings. The predicted octanol–water partition coefficient (Wildman–Crippen LogP) is 7.21. The summed E-state index contributed by atoms with van der Waals surface area (Å²) in [6, 6.07) is 32.2. The molecule has 2 nitrogen and oxygen atoms in total. The molecule has 4 aromatic carbocycles. The van der Waals surface area contributed by atoms with Crippen molar-refractivity contribution < 1.29 is 8.98 Å². The third-order valence-corrected chi connectivity index (χ3v) is 6.24. The molecule has 2 heterocycles. The minimum Gasteiger partial charge on any atom is -0.456 e. The number of hydrogen-bond acceptors (Lipinski definition) is 1. The van der Waals surface area contributed by atoms with E-state index in [9.17, 15) is 0 Å². The lowest BCUT2D eigenvalue weighted by Crippen LogP contribution is -2.30. The van der Waals surface area contributed by atoms with Crippen LogP contribution in [-0.2, 0) is 7.05 Å². The molecule has 0 atom stereocenters. The van der Waals surface area contributed by atoms with Crippen molar-refractivity contribution in [3.05, 3.63) is 103 Å². The largest absolute Gasteiger partial charge is 0.456 e. The van der Waals surface area contributed by atoms with Crippen molar-refractivity contribution in [1.82, 2.24) is 0 Å². The maximum absolute atomic E-state index is 6.25. The lowest BCUT2D eigenvalue weighted by molar-refractivity contribution is -0.660. The van der Waals surface area contributed by atoms with E-state index in [4.69, 9.17) is 4.42 Å². The summed E-state index contributed by atoms with van der Waals surface area (Å²) in [7, 11) is 2.11. The molecule has 0 aliphatic carbocycles. The van der Waals surface area contributed by atoms with Crippen LogP contribution < -0.4 is 4.57 Å². The fraction of sp³-hybridized carbons (Fsp3) is 0.0690. The molecular weight excluding hydrogens is 378 g/mol. The quantitative estimate of drug-likeness (QED) is 0.281. The van der Waals surface area contributed by atoms with Crippen LogP contribution in [0.4, 0.5) is 0 Å². The van der Waals surface area contributed by atoms with Crippen LogP contribution in [-0.4, -0.2) is 0 Å². The van der Waals surface area contributed by atoms with Gasteiger partial charge in [0.05, 0.1) is 0 Å². The summed E-state index contributed by atoms with van der Waals surface area (Å²) in [6.45, 7) is 2.16. The summed E-state index contributed by atoms with van der Waals surface area (Å²) in [5.74, 6) is 0. The van der Waals surface area contributed by atoms with Crippen LogP contribution in [0.25, 0.3) is 55.1 Å². The Labute approximate surface area is 181 Å². The molecule has 0 spiro atoms. The smallest absolute Gasteiger partial charge is 0.213 e. The summed E-state index contributed by atoms with van der Waals surface area (Å²) >= 11 is 0.